The van der Waals surface area contributed by atoms with Gasteiger partial charge in [0.1, 0.15) is 0 Å². The predicted octanol–water partition coefficient (Wildman–Crippen LogP) is 5.20. The van der Waals surface area contributed by atoms with Gasteiger partial charge in [-0.3, -0.25) is 14.5 Å². The van der Waals surface area contributed by atoms with Gasteiger partial charge in [-0.15, -0.1) is 0 Å². The molecular formula is C31H42ClN3O2. The van der Waals surface area contributed by atoms with Gasteiger partial charge >= 0.3 is 0 Å². The number of hydrogen-bond acceptors (Lipinski definition) is 4. The number of hydrogen-bond donors (Lipinski definition) is 1. The fraction of sp³-hybridized carbons (Fsp3) is 0.548. The summed E-state index contributed by atoms with van der Waals surface area (Å²) in [5, 5.41) is 0.740. The number of aryl methyl sites for hydroxylation is 3. The van der Waals surface area contributed by atoms with E-state index in [9.17, 15) is 9.59 Å². The topological polar surface area (TPSA) is 66.6 Å². The third kappa shape index (κ3) is 7.01. The molecule has 1 unspecified atom stereocenters. The number of ketones is 1. The second-order valence-electron chi connectivity index (χ2n) is 11.4. The SMILES string of the molecule is Cc1cc(CCC(=O)[C@@H](CC(C)C)N2CCC(CCc3ccccc3)N3C[C@H](N)C[C@H]3C2=O)ccc1Cl. The molecule has 0 aliphatic carbocycles. The molecule has 0 aromatic heterocycles. The minimum atomic E-state index is -0.382. The first kappa shape index (κ1) is 27.8. The highest BCUT2D eigenvalue weighted by Crippen LogP contribution is 2.31. The van der Waals surface area contributed by atoms with Crippen LogP contribution in [-0.2, 0) is 22.4 Å². The number of benzene rings is 2. The van der Waals surface area contributed by atoms with E-state index < -0.39 is 0 Å². The number of fused-ring (bicyclic) bond motifs is 1. The van der Waals surface area contributed by atoms with Gasteiger partial charge in [0.2, 0.25) is 5.91 Å². The van der Waals surface area contributed by atoms with Crippen LogP contribution in [0.15, 0.2) is 48.5 Å². The highest BCUT2D eigenvalue weighted by atomic mass is 35.5. The molecule has 2 saturated heterocycles. The second-order valence-corrected chi connectivity index (χ2v) is 11.8. The minimum Gasteiger partial charge on any atom is -0.331 e. The van der Waals surface area contributed by atoms with Gasteiger partial charge in [-0.1, -0.05) is 67.9 Å². The van der Waals surface area contributed by atoms with Crippen LogP contribution >= 0.6 is 11.6 Å². The first-order valence-corrected chi connectivity index (χ1v) is 14.2. The molecule has 0 saturated carbocycles. The number of nitrogens with zero attached hydrogens (tertiary/aromatic N) is 2. The second kappa shape index (κ2) is 12.6. The number of nitrogens with two attached hydrogens (primary N) is 1. The zero-order valence-electron chi connectivity index (χ0n) is 22.5. The maximum atomic E-state index is 13.9. The van der Waals surface area contributed by atoms with Gasteiger partial charge in [-0.25, -0.2) is 0 Å². The van der Waals surface area contributed by atoms with Gasteiger partial charge in [0.15, 0.2) is 5.78 Å². The smallest absolute Gasteiger partial charge is 0.240 e. The van der Waals surface area contributed by atoms with Gasteiger partial charge in [0.25, 0.3) is 0 Å². The molecule has 0 spiro atoms. The molecule has 4 atom stereocenters. The molecule has 6 heteroatoms. The lowest BCUT2D eigenvalue weighted by Crippen LogP contribution is -2.51. The molecule has 37 heavy (non-hydrogen) atoms. The molecule has 2 aromatic carbocycles. The van der Waals surface area contributed by atoms with Crippen LogP contribution in [0.3, 0.4) is 0 Å². The van der Waals surface area contributed by atoms with Crippen molar-refractivity contribution in [1.82, 2.24) is 9.80 Å². The van der Waals surface area contributed by atoms with Gasteiger partial charge < -0.3 is 10.6 Å². The molecule has 2 N–H and O–H groups in total. The Balaban J connectivity index is 1.50. The van der Waals surface area contributed by atoms with Crippen molar-refractivity contribution in [3.05, 3.63) is 70.2 Å². The van der Waals surface area contributed by atoms with Gasteiger partial charge in [-0.05, 0) is 74.1 Å². The zero-order chi connectivity index (χ0) is 26.5. The van der Waals surface area contributed by atoms with E-state index in [-0.39, 0.29) is 29.8 Å². The zero-order valence-corrected chi connectivity index (χ0v) is 23.3. The van der Waals surface area contributed by atoms with Crippen LogP contribution in [0.1, 0.15) is 62.6 Å². The van der Waals surface area contributed by atoms with E-state index >= 15 is 0 Å². The summed E-state index contributed by atoms with van der Waals surface area (Å²) in [4.78, 5) is 31.9. The van der Waals surface area contributed by atoms with E-state index in [1.807, 2.05) is 30.0 Å². The fourth-order valence-electron chi connectivity index (χ4n) is 6.07. The van der Waals surface area contributed by atoms with Crippen LogP contribution in [0, 0.1) is 12.8 Å². The Hall–Kier alpha value is -2.21. The van der Waals surface area contributed by atoms with Crippen molar-refractivity contribution < 1.29 is 9.59 Å². The molecule has 1 amide bonds. The van der Waals surface area contributed by atoms with Crippen molar-refractivity contribution in [2.75, 3.05) is 13.1 Å². The van der Waals surface area contributed by atoms with Crippen molar-refractivity contribution >= 4 is 23.3 Å². The Labute approximate surface area is 227 Å². The lowest BCUT2D eigenvalue weighted by molar-refractivity contribution is -0.142. The van der Waals surface area contributed by atoms with Crippen LogP contribution in [0.2, 0.25) is 5.02 Å². The monoisotopic (exact) mass is 523 g/mol. The predicted molar refractivity (Wildman–Crippen MR) is 151 cm³/mol. The van der Waals surface area contributed by atoms with E-state index in [1.54, 1.807) is 0 Å². The van der Waals surface area contributed by atoms with Crippen LogP contribution < -0.4 is 5.73 Å². The quantitative estimate of drug-likeness (QED) is 0.465. The van der Waals surface area contributed by atoms with E-state index in [0.29, 0.717) is 44.2 Å². The van der Waals surface area contributed by atoms with Crippen molar-refractivity contribution in [2.24, 2.45) is 11.7 Å². The van der Waals surface area contributed by atoms with E-state index in [4.69, 9.17) is 17.3 Å². The molecule has 0 bridgehead atoms. The number of carbonyl (C=O) groups excluding carboxylic acids is 2. The molecule has 2 aliphatic heterocycles. The summed E-state index contributed by atoms with van der Waals surface area (Å²) in [6.45, 7) is 7.63. The summed E-state index contributed by atoms with van der Waals surface area (Å²) in [5.74, 6) is 0.571. The van der Waals surface area contributed by atoms with E-state index in [2.05, 4.69) is 49.1 Å². The molecule has 2 aromatic rings. The highest BCUT2D eigenvalue weighted by molar-refractivity contribution is 6.31. The Kier molecular flexibility index (Phi) is 9.44. The first-order chi connectivity index (χ1) is 17.7. The Bertz CT molecular complexity index is 1070. The Morgan fingerprint density at radius 2 is 1.86 bits per heavy atom. The Morgan fingerprint density at radius 1 is 1.11 bits per heavy atom. The number of Topliss-reactive ketones (excluding diaryl/α,β-unsaturated/α-hetero) is 1. The molecule has 4 rings (SSSR count). The maximum Gasteiger partial charge on any atom is 0.240 e. The van der Waals surface area contributed by atoms with Crippen LogP contribution in [0.5, 0.6) is 0 Å². The van der Waals surface area contributed by atoms with Crippen LogP contribution in [-0.4, -0.2) is 58.7 Å². The van der Waals surface area contributed by atoms with Crippen molar-refractivity contribution in [3.8, 4) is 0 Å². The van der Waals surface area contributed by atoms with Crippen molar-refractivity contribution in [1.29, 1.82) is 0 Å². The van der Waals surface area contributed by atoms with Gasteiger partial charge in [0.05, 0.1) is 12.1 Å². The summed E-state index contributed by atoms with van der Waals surface area (Å²) in [7, 11) is 0. The molecule has 2 fully saturated rings. The van der Waals surface area contributed by atoms with Crippen molar-refractivity contribution in [3.63, 3.8) is 0 Å². The van der Waals surface area contributed by atoms with Crippen molar-refractivity contribution in [2.45, 2.75) is 89.9 Å². The number of halogens is 1. The van der Waals surface area contributed by atoms with Gasteiger partial charge in [-0.2, -0.15) is 0 Å². The molecule has 2 heterocycles. The molecule has 0 radical (unpaired) electrons. The molecule has 2 aliphatic rings. The summed E-state index contributed by atoms with van der Waals surface area (Å²) in [6.07, 6.45) is 5.29. The minimum absolute atomic E-state index is 0.000481. The molecule has 5 nitrogen and oxygen atoms in total. The highest BCUT2D eigenvalue weighted by Gasteiger charge is 2.45. The van der Waals surface area contributed by atoms with E-state index in [0.717, 1.165) is 42.0 Å². The first-order valence-electron chi connectivity index (χ1n) is 13.9. The normalized spacial score (nSPS) is 23.2. The lowest BCUT2D eigenvalue weighted by atomic mass is 9.94. The Morgan fingerprint density at radius 3 is 2.57 bits per heavy atom. The van der Waals surface area contributed by atoms with E-state index in [1.165, 1.54) is 5.56 Å². The largest absolute Gasteiger partial charge is 0.331 e. The number of carbonyl (C=O) groups is 2. The number of amides is 1. The maximum absolute atomic E-state index is 13.9. The van der Waals surface area contributed by atoms with Crippen LogP contribution in [0.25, 0.3) is 0 Å². The summed E-state index contributed by atoms with van der Waals surface area (Å²) in [6, 6.07) is 16.2. The average molecular weight is 524 g/mol. The molecule has 200 valence electrons. The van der Waals surface area contributed by atoms with Crippen LogP contribution in [0.4, 0.5) is 0 Å². The fourth-order valence-corrected chi connectivity index (χ4v) is 6.19. The summed E-state index contributed by atoms with van der Waals surface area (Å²) in [5.41, 5.74) is 9.83. The van der Waals surface area contributed by atoms with Gasteiger partial charge in [0, 0.05) is 36.6 Å². The third-order valence-electron chi connectivity index (χ3n) is 8.05. The summed E-state index contributed by atoms with van der Waals surface area (Å²) >= 11 is 6.18. The standard InChI is InChI=1S/C31H42ClN3O2/c1-21(2)17-28(30(36)14-11-24-10-13-27(32)22(3)18-24)34-16-15-26(12-9-23-7-5-4-6-8-23)35-20-25(33)19-29(35)31(34)37/h4-8,10,13,18,21,25-26,28-29H,9,11-12,14-17,19-20,33H2,1-3H3/t25-,26?,28-,29+/m1/s1. The third-order valence-corrected chi connectivity index (χ3v) is 8.47. The molecular weight excluding hydrogens is 482 g/mol. The summed E-state index contributed by atoms with van der Waals surface area (Å²) < 4.78 is 0. The average Bonchev–Trinajstić information content (AvgIpc) is 3.22. The lowest BCUT2D eigenvalue weighted by Gasteiger charge is -2.33. The number of rotatable bonds is 10.